The van der Waals surface area contributed by atoms with Crippen LogP contribution in [-0.4, -0.2) is 23.3 Å². The van der Waals surface area contributed by atoms with Gasteiger partial charge in [0.25, 0.3) is 0 Å². The maximum atomic E-state index is 13.3. The fraction of sp³-hybridized carbons (Fsp3) is 0.120. The Labute approximate surface area is 174 Å². The van der Waals surface area contributed by atoms with Crippen LogP contribution in [0.3, 0.4) is 0 Å². The maximum absolute atomic E-state index is 13.3. The fourth-order valence-electron chi connectivity index (χ4n) is 3.51. The van der Waals surface area contributed by atoms with Gasteiger partial charge in [-0.05, 0) is 36.8 Å². The molecule has 0 N–H and O–H groups in total. The van der Waals surface area contributed by atoms with Crippen LogP contribution in [0.25, 0.3) is 5.52 Å². The molecule has 0 saturated carbocycles. The second kappa shape index (κ2) is 8.25. The lowest BCUT2D eigenvalue weighted by Gasteiger charge is -2.07. The van der Waals surface area contributed by atoms with E-state index in [9.17, 15) is 9.59 Å². The zero-order valence-electron chi connectivity index (χ0n) is 16.8. The van der Waals surface area contributed by atoms with Crippen LogP contribution in [0.4, 0.5) is 0 Å². The van der Waals surface area contributed by atoms with Gasteiger partial charge in [-0.1, -0.05) is 48.5 Å². The summed E-state index contributed by atoms with van der Waals surface area (Å²) < 4.78 is 12.7. The van der Waals surface area contributed by atoms with Crippen LogP contribution in [0.2, 0.25) is 0 Å². The lowest BCUT2D eigenvalue weighted by Crippen LogP contribution is -2.08. The molecular weight excluding hydrogens is 378 g/mol. The van der Waals surface area contributed by atoms with Gasteiger partial charge in [0.1, 0.15) is 18.1 Å². The molecule has 0 spiro atoms. The molecule has 0 saturated heterocycles. The third kappa shape index (κ3) is 3.57. The Morgan fingerprint density at radius 2 is 1.53 bits per heavy atom. The quantitative estimate of drug-likeness (QED) is 0.344. The van der Waals surface area contributed by atoms with Gasteiger partial charge >= 0.3 is 5.97 Å². The SMILES string of the molecule is COC(=O)c1ccc(C(=O)c2c(C)c(OCc3ccccc3)c3ccccn23)cc1. The van der Waals surface area contributed by atoms with Gasteiger partial charge in [0.15, 0.2) is 0 Å². The molecule has 0 radical (unpaired) electrons. The molecule has 150 valence electrons. The zero-order valence-corrected chi connectivity index (χ0v) is 16.8. The Kier molecular flexibility index (Phi) is 5.35. The van der Waals surface area contributed by atoms with Gasteiger partial charge in [-0.25, -0.2) is 4.79 Å². The van der Waals surface area contributed by atoms with Crippen molar-refractivity contribution in [3.8, 4) is 5.75 Å². The number of rotatable bonds is 6. The minimum absolute atomic E-state index is 0.139. The normalized spacial score (nSPS) is 10.7. The van der Waals surface area contributed by atoms with Gasteiger partial charge < -0.3 is 13.9 Å². The van der Waals surface area contributed by atoms with Crippen LogP contribution in [0.5, 0.6) is 5.75 Å². The summed E-state index contributed by atoms with van der Waals surface area (Å²) in [4.78, 5) is 25.0. The molecular formula is C25H21NO4. The van der Waals surface area contributed by atoms with E-state index in [1.54, 1.807) is 24.3 Å². The van der Waals surface area contributed by atoms with Crippen molar-refractivity contribution < 1.29 is 19.1 Å². The van der Waals surface area contributed by atoms with Crippen LogP contribution >= 0.6 is 0 Å². The first-order valence-corrected chi connectivity index (χ1v) is 9.59. The largest absolute Gasteiger partial charge is 0.486 e. The van der Waals surface area contributed by atoms with Gasteiger partial charge in [-0.3, -0.25) is 4.79 Å². The Bertz CT molecular complexity index is 1210. The minimum atomic E-state index is -0.435. The molecule has 30 heavy (non-hydrogen) atoms. The topological polar surface area (TPSA) is 57.0 Å². The van der Waals surface area contributed by atoms with E-state index < -0.39 is 5.97 Å². The molecule has 0 unspecified atom stereocenters. The van der Waals surface area contributed by atoms with Crippen molar-refractivity contribution in [2.24, 2.45) is 0 Å². The molecule has 2 heterocycles. The molecule has 4 aromatic rings. The molecule has 0 amide bonds. The molecule has 2 aromatic carbocycles. The van der Waals surface area contributed by atoms with Crippen molar-refractivity contribution in [1.82, 2.24) is 4.40 Å². The van der Waals surface area contributed by atoms with Gasteiger partial charge in [0.05, 0.1) is 18.2 Å². The van der Waals surface area contributed by atoms with E-state index in [-0.39, 0.29) is 5.78 Å². The highest BCUT2D eigenvalue weighted by Gasteiger charge is 2.23. The number of hydrogen-bond acceptors (Lipinski definition) is 4. The van der Waals surface area contributed by atoms with Gasteiger partial charge in [-0.2, -0.15) is 0 Å². The highest BCUT2D eigenvalue weighted by atomic mass is 16.5. The van der Waals surface area contributed by atoms with E-state index in [1.807, 2.05) is 66.1 Å². The zero-order chi connectivity index (χ0) is 21.1. The highest BCUT2D eigenvalue weighted by Crippen LogP contribution is 2.32. The van der Waals surface area contributed by atoms with Crippen LogP contribution in [0, 0.1) is 6.92 Å². The monoisotopic (exact) mass is 399 g/mol. The van der Waals surface area contributed by atoms with Crippen LogP contribution in [-0.2, 0) is 11.3 Å². The summed E-state index contributed by atoms with van der Waals surface area (Å²) in [5.74, 6) is 0.114. The average Bonchev–Trinajstić information content (AvgIpc) is 3.08. The summed E-state index contributed by atoms with van der Waals surface area (Å²) >= 11 is 0. The fourth-order valence-corrected chi connectivity index (χ4v) is 3.51. The number of carbonyl (C=O) groups is 2. The number of benzene rings is 2. The first kappa shape index (κ1) is 19.5. The summed E-state index contributed by atoms with van der Waals surface area (Å²) in [6, 6.07) is 22.1. The predicted molar refractivity (Wildman–Crippen MR) is 114 cm³/mol. The number of methoxy groups -OCH3 is 1. The van der Waals surface area contributed by atoms with E-state index in [2.05, 4.69) is 0 Å². The van der Waals surface area contributed by atoms with Crippen molar-refractivity contribution in [3.63, 3.8) is 0 Å². The standard InChI is InChI=1S/C25H21NO4/c1-17-22(23(27)19-11-13-20(14-12-19)25(28)29-2)26-15-7-6-10-21(26)24(17)30-16-18-8-4-3-5-9-18/h3-15H,16H2,1-2H3. The van der Waals surface area contributed by atoms with Crippen LogP contribution in [0.1, 0.15) is 37.5 Å². The predicted octanol–water partition coefficient (Wildman–Crippen LogP) is 4.84. The summed E-state index contributed by atoms with van der Waals surface area (Å²) in [6.45, 7) is 2.31. The van der Waals surface area contributed by atoms with Crippen molar-refractivity contribution in [2.75, 3.05) is 7.11 Å². The molecule has 0 aliphatic heterocycles. The molecule has 4 rings (SSSR count). The summed E-state index contributed by atoms with van der Waals surface area (Å²) in [5.41, 5.74) is 4.10. The number of nitrogens with zero attached hydrogens (tertiary/aromatic N) is 1. The van der Waals surface area contributed by atoms with Crippen molar-refractivity contribution >= 4 is 17.3 Å². The third-order valence-corrected chi connectivity index (χ3v) is 5.04. The van der Waals surface area contributed by atoms with Gasteiger partial charge in [0.2, 0.25) is 5.78 Å². The molecule has 5 heteroatoms. The summed E-state index contributed by atoms with van der Waals surface area (Å²) in [7, 11) is 1.33. The number of pyridine rings is 1. The molecule has 0 fully saturated rings. The Morgan fingerprint density at radius 3 is 2.23 bits per heavy atom. The Morgan fingerprint density at radius 1 is 0.867 bits per heavy atom. The molecule has 0 bridgehead atoms. The second-order valence-corrected chi connectivity index (χ2v) is 6.93. The first-order chi connectivity index (χ1) is 14.6. The first-order valence-electron chi connectivity index (χ1n) is 9.59. The highest BCUT2D eigenvalue weighted by molar-refractivity contribution is 6.10. The number of fused-ring (bicyclic) bond motifs is 1. The molecule has 0 aliphatic rings. The van der Waals surface area contributed by atoms with E-state index in [1.165, 1.54) is 7.11 Å². The van der Waals surface area contributed by atoms with E-state index in [4.69, 9.17) is 9.47 Å². The smallest absolute Gasteiger partial charge is 0.337 e. The number of aromatic nitrogens is 1. The van der Waals surface area contributed by atoms with Crippen molar-refractivity contribution in [3.05, 3.63) is 107 Å². The number of carbonyl (C=O) groups excluding carboxylic acids is 2. The van der Waals surface area contributed by atoms with Crippen LogP contribution in [0.15, 0.2) is 79.0 Å². The average molecular weight is 399 g/mol. The Hall–Kier alpha value is -3.86. The van der Waals surface area contributed by atoms with E-state index in [0.29, 0.717) is 29.2 Å². The second-order valence-electron chi connectivity index (χ2n) is 6.93. The lowest BCUT2D eigenvalue weighted by atomic mass is 10.0. The lowest BCUT2D eigenvalue weighted by molar-refractivity contribution is 0.0600. The Balaban J connectivity index is 1.71. The van der Waals surface area contributed by atoms with Gasteiger partial charge in [-0.15, -0.1) is 0 Å². The van der Waals surface area contributed by atoms with E-state index in [0.717, 1.165) is 16.6 Å². The van der Waals surface area contributed by atoms with Gasteiger partial charge in [0, 0.05) is 17.3 Å². The minimum Gasteiger partial charge on any atom is -0.486 e. The number of hydrogen-bond donors (Lipinski definition) is 0. The molecule has 2 aromatic heterocycles. The number of esters is 1. The van der Waals surface area contributed by atoms with Crippen molar-refractivity contribution in [1.29, 1.82) is 0 Å². The molecule has 0 aliphatic carbocycles. The number of ketones is 1. The van der Waals surface area contributed by atoms with E-state index >= 15 is 0 Å². The van der Waals surface area contributed by atoms with Crippen LogP contribution < -0.4 is 4.74 Å². The third-order valence-electron chi connectivity index (χ3n) is 5.04. The summed E-state index contributed by atoms with van der Waals surface area (Å²) in [6.07, 6.45) is 1.85. The molecule has 0 atom stereocenters. The maximum Gasteiger partial charge on any atom is 0.337 e. The molecule has 5 nitrogen and oxygen atoms in total. The van der Waals surface area contributed by atoms with Crippen molar-refractivity contribution in [2.45, 2.75) is 13.5 Å². The summed E-state index contributed by atoms with van der Waals surface area (Å²) in [5, 5.41) is 0. The number of ether oxygens (including phenoxy) is 2.